The summed E-state index contributed by atoms with van der Waals surface area (Å²) in [5.74, 6) is 0.636. The molecule has 2 amide bonds. The minimum Gasteiger partial charge on any atom is -0.367 e. The van der Waals surface area contributed by atoms with E-state index in [1.807, 2.05) is 0 Å². The van der Waals surface area contributed by atoms with Crippen LogP contribution < -0.4 is 16.0 Å². The normalized spacial score (nSPS) is 14.4. The maximum atomic E-state index is 11.8. The molecule has 0 radical (unpaired) electrons. The van der Waals surface area contributed by atoms with E-state index in [0.717, 1.165) is 25.7 Å². The van der Waals surface area contributed by atoms with Gasteiger partial charge in [-0.2, -0.15) is 0 Å². The number of nitrogens with zero attached hydrogens (tertiary/aromatic N) is 1. The fraction of sp³-hybridized carbons (Fsp3) is 0.562. The summed E-state index contributed by atoms with van der Waals surface area (Å²) < 4.78 is 0. The second-order valence-electron chi connectivity index (χ2n) is 5.78. The van der Waals surface area contributed by atoms with E-state index in [1.54, 1.807) is 6.07 Å². The van der Waals surface area contributed by atoms with Crippen LogP contribution in [0.4, 0.5) is 5.82 Å². The average Bonchev–Trinajstić information content (AvgIpc) is 3.07. The Morgan fingerprint density at radius 2 is 1.88 bits per heavy atom. The molecule has 6 nitrogen and oxygen atoms in total. The number of hydrogen-bond donors (Lipinski definition) is 3. The van der Waals surface area contributed by atoms with E-state index < -0.39 is 0 Å². The summed E-state index contributed by atoms with van der Waals surface area (Å²) >= 11 is 11.8. The van der Waals surface area contributed by atoms with E-state index in [2.05, 4.69) is 20.9 Å². The monoisotopic (exact) mass is 372 g/mol. The van der Waals surface area contributed by atoms with Gasteiger partial charge in [-0.1, -0.05) is 36.0 Å². The molecule has 8 heteroatoms. The highest BCUT2D eigenvalue weighted by atomic mass is 35.5. The first-order chi connectivity index (χ1) is 11.6. The SMILES string of the molecule is O=C(CCNC(=O)C1CCCC1)NCCNc1ncc(Cl)cc1Cl. The van der Waals surface area contributed by atoms with E-state index in [9.17, 15) is 9.59 Å². The molecular formula is C16H22Cl2N4O2. The molecule has 1 heterocycles. The quantitative estimate of drug-likeness (QED) is 0.612. The number of halogens is 2. The zero-order valence-electron chi connectivity index (χ0n) is 13.4. The fourth-order valence-electron chi connectivity index (χ4n) is 2.65. The molecular weight excluding hydrogens is 351 g/mol. The molecule has 132 valence electrons. The van der Waals surface area contributed by atoms with Crippen LogP contribution in [0.1, 0.15) is 32.1 Å². The Balaban J connectivity index is 1.55. The number of amides is 2. The average molecular weight is 373 g/mol. The molecule has 0 aliphatic heterocycles. The number of hydrogen-bond acceptors (Lipinski definition) is 4. The van der Waals surface area contributed by atoms with Gasteiger partial charge in [0.05, 0.1) is 10.0 Å². The molecule has 24 heavy (non-hydrogen) atoms. The van der Waals surface area contributed by atoms with Crippen LogP contribution in [0.2, 0.25) is 10.0 Å². The van der Waals surface area contributed by atoms with Gasteiger partial charge in [0.25, 0.3) is 0 Å². The number of carbonyl (C=O) groups is 2. The van der Waals surface area contributed by atoms with Gasteiger partial charge < -0.3 is 16.0 Å². The Morgan fingerprint density at radius 3 is 2.58 bits per heavy atom. The summed E-state index contributed by atoms with van der Waals surface area (Å²) in [6.07, 6.45) is 5.95. The molecule has 0 spiro atoms. The predicted octanol–water partition coefficient (Wildman–Crippen LogP) is 2.61. The Hall–Kier alpha value is -1.53. The maximum Gasteiger partial charge on any atom is 0.223 e. The lowest BCUT2D eigenvalue weighted by molar-refractivity contribution is -0.125. The van der Waals surface area contributed by atoms with Crippen molar-refractivity contribution in [3.63, 3.8) is 0 Å². The molecule has 1 aromatic heterocycles. The second kappa shape index (κ2) is 9.69. The van der Waals surface area contributed by atoms with E-state index in [-0.39, 0.29) is 24.2 Å². The van der Waals surface area contributed by atoms with Crippen molar-refractivity contribution in [2.45, 2.75) is 32.1 Å². The van der Waals surface area contributed by atoms with Gasteiger partial charge in [-0.15, -0.1) is 0 Å². The van der Waals surface area contributed by atoms with Crippen LogP contribution in [-0.4, -0.2) is 36.4 Å². The molecule has 0 unspecified atom stereocenters. The van der Waals surface area contributed by atoms with Crippen molar-refractivity contribution < 1.29 is 9.59 Å². The van der Waals surface area contributed by atoms with Crippen molar-refractivity contribution in [3.8, 4) is 0 Å². The highest BCUT2D eigenvalue weighted by Crippen LogP contribution is 2.24. The standard InChI is InChI=1S/C16H22Cl2N4O2/c17-12-9-13(18)15(22-10-12)20-8-7-19-14(23)5-6-21-16(24)11-3-1-2-4-11/h9-11H,1-8H2,(H,19,23)(H,20,22)(H,21,24). The molecule has 0 bridgehead atoms. The Kier molecular flexibility index (Phi) is 7.59. The van der Waals surface area contributed by atoms with Crippen LogP contribution >= 0.6 is 23.2 Å². The lowest BCUT2D eigenvalue weighted by atomic mass is 10.1. The van der Waals surface area contributed by atoms with Crippen molar-refractivity contribution in [1.29, 1.82) is 0 Å². The number of pyridine rings is 1. The van der Waals surface area contributed by atoms with E-state index >= 15 is 0 Å². The minimum absolute atomic E-state index is 0.0745. The molecule has 1 saturated carbocycles. The van der Waals surface area contributed by atoms with Gasteiger partial charge in [0, 0.05) is 38.2 Å². The van der Waals surface area contributed by atoms with Gasteiger partial charge in [0.15, 0.2) is 0 Å². The lowest BCUT2D eigenvalue weighted by Crippen LogP contribution is -2.35. The third-order valence-corrected chi connectivity index (χ3v) is 4.42. The molecule has 1 fully saturated rings. The second-order valence-corrected chi connectivity index (χ2v) is 6.63. The van der Waals surface area contributed by atoms with Gasteiger partial charge in [-0.3, -0.25) is 9.59 Å². The predicted molar refractivity (Wildman–Crippen MR) is 95.3 cm³/mol. The molecule has 0 aromatic carbocycles. The smallest absolute Gasteiger partial charge is 0.223 e. The topological polar surface area (TPSA) is 83.1 Å². The van der Waals surface area contributed by atoms with Crippen molar-refractivity contribution in [1.82, 2.24) is 15.6 Å². The first kappa shape index (κ1) is 18.8. The molecule has 3 N–H and O–H groups in total. The van der Waals surface area contributed by atoms with Crippen LogP contribution in [-0.2, 0) is 9.59 Å². The first-order valence-corrected chi connectivity index (χ1v) is 8.91. The van der Waals surface area contributed by atoms with E-state index in [0.29, 0.717) is 35.5 Å². The molecule has 1 aromatic rings. The highest BCUT2D eigenvalue weighted by Gasteiger charge is 2.22. The number of anilines is 1. The summed E-state index contributed by atoms with van der Waals surface area (Å²) in [5.41, 5.74) is 0. The third kappa shape index (κ3) is 6.17. The largest absolute Gasteiger partial charge is 0.367 e. The Labute approximate surface area is 151 Å². The van der Waals surface area contributed by atoms with Crippen molar-refractivity contribution in [2.24, 2.45) is 5.92 Å². The zero-order valence-corrected chi connectivity index (χ0v) is 14.9. The molecule has 1 aliphatic rings. The van der Waals surface area contributed by atoms with Crippen LogP contribution in [0.15, 0.2) is 12.3 Å². The molecule has 0 saturated heterocycles. The Bertz CT molecular complexity index is 577. The minimum atomic E-state index is -0.0984. The van der Waals surface area contributed by atoms with Crippen LogP contribution in [0.25, 0.3) is 0 Å². The maximum absolute atomic E-state index is 11.8. The van der Waals surface area contributed by atoms with Crippen molar-refractivity contribution in [2.75, 3.05) is 25.0 Å². The van der Waals surface area contributed by atoms with Gasteiger partial charge in [0.2, 0.25) is 11.8 Å². The summed E-state index contributed by atoms with van der Waals surface area (Å²) in [6.45, 7) is 1.31. The zero-order chi connectivity index (χ0) is 17.4. The van der Waals surface area contributed by atoms with Crippen molar-refractivity contribution >= 4 is 40.8 Å². The van der Waals surface area contributed by atoms with Crippen LogP contribution in [0.5, 0.6) is 0 Å². The lowest BCUT2D eigenvalue weighted by Gasteiger charge is -2.11. The molecule has 2 rings (SSSR count). The molecule has 0 atom stereocenters. The van der Waals surface area contributed by atoms with Crippen molar-refractivity contribution in [3.05, 3.63) is 22.3 Å². The Morgan fingerprint density at radius 1 is 1.12 bits per heavy atom. The van der Waals surface area contributed by atoms with E-state index in [4.69, 9.17) is 23.2 Å². The summed E-state index contributed by atoms with van der Waals surface area (Å²) in [5, 5.41) is 9.53. The summed E-state index contributed by atoms with van der Waals surface area (Å²) in [4.78, 5) is 27.6. The van der Waals surface area contributed by atoms with E-state index in [1.165, 1.54) is 6.20 Å². The molecule has 1 aliphatic carbocycles. The number of rotatable bonds is 8. The number of carbonyl (C=O) groups excluding carboxylic acids is 2. The summed E-state index contributed by atoms with van der Waals surface area (Å²) in [7, 11) is 0. The fourth-order valence-corrected chi connectivity index (χ4v) is 3.09. The number of nitrogens with one attached hydrogen (secondary N) is 3. The van der Waals surface area contributed by atoms with Gasteiger partial charge in [-0.25, -0.2) is 4.98 Å². The third-order valence-electron chi connectivity index (χ3n) is 3.92. The van der Waals surface area contributed by atoms with Gasteiger partial charge in [-0.05, 0) is 18.9 Å². The van der Waals surface area contributed by atoms with Gasteiger partial charge >= 0.3 is 0 Å². The highest BCUT2D eigenvalue weighted by molar-refractivity contribution is 6.35. The summed E-state index contributed by atoms with van der Waals surface area (Å²) in [6, 6.07) is 1.60. The van der Waals surface area contributed by atoms with Crippen LogP contribution in [0, 0.1) is 5.92 Å². The first-order valence-electron chi connectivity index (χ1n) is 8.15. The number of aromatic nitrogens is 1. The van der Waals surface area contributed by atoms with Crippen LogP contribution in [0.3, 0.4) is 0 Å². The van der Waals surface area contributed by atoms with Gasteiger partial charge in [0.1, 0.15) is 5.82 Å².